The van der Waals surface area contributed by atoms with E-state index in [1.807, 2.05) is 53.7 Å². The lowest BCUT2D eigenvalue weighted by Gasteiger charge is -2.38. The van der Waals surface area contributed by atoms with Crippen LogP contribution in [-0.4, -0.2) is 46.5 Å². The fraction of sp³-hybridized carbons (Fsp3) is 0.632. The summed E-state index contributed by atoms with van der Waals surface area (Å²) in [5, 5.41) is 0.982. The summed E-state index contributed by atoms with van der Waals surface area (Å²) < 4.78 is 0. The molecule has 0 saturated heterocycles. The van der Waals surface area contributed by atoms with Crippen molar-refractivity contribution in [3.8, 4) is 0 Å². The molecule has 44 heavy (non-hydrogen) atoms. The van der Waals surface area contributed by atoms with Gasteiger partial charge in [-0.2, -0.15) is 0 Å². The molecule has 2 aromatic carbocycles. The van der Waals surface area contributed by atoms with E-state index in [0.717, 1.165) is 62.5 Å². The molecule has 0 bridgehead atoms. The summed E-state index contributed by atoms with van der Waals surface area (Å²) in [6.07, 6.45) is 12.7. The Morgan fingerprint density at radius 3 is 1.11 bits per heavy atom. The first kappa shape index (κ1) is 33.9. The summed E-state index contributed by atoms with van der Waals surface area (Å²) in [6.45, 7) is 17.3. The second kappa shape index (κ2) is 13.5. The highest BCUT2D eigenvalue weighted by Crippen LogP contribution is 2.46. The number of carbonyl (C=O) groups excluding carboxylic acids is 4. The molecule has 0 atom stereocenters. The van der Waals surface area contributed by atoms with E-state index in [1.165, 1.54) is 35.5 Å². The Labute approximate surface area is 264 Å². The van der Waals surface area contributed by atoms with Crippen molar-refractivity contribution in [2.45, 2.75) is 143 Å². The maximum absolute atomic E-state index is 14.3. The molecule has 0 saturated carbocycles. The van der Waals surface area contributed by atoms with E-state index in [-0.39, 0.29) is 23.6 Å². The third-order valence-corrected chi connectivity index (χ3v) is 9.36. The van der Waals surface area contributed by atoms with Gasteiger partial charge in [0.15, 0.2) is 0 Å². The molecular weight excluding hydrogens is 548 g/mol. The van der Waals surface area contributed by atoms with E-state index in [1.54, 1.807) is 0 Å². The summed E-state index contributed by atoms with van der Waals surface area (Å²) >= 11 is 0. The van der Waals surface area contributed by atoms with Crippen molar-refractivity contribution >= 4 is 34.4 Å². The Balaban J connectivity index is 1.86. The van der Waals surface area contributed by atoms with Gasteiger partial charge in [-0.1, -0.05) is 120 Å². The van der Waals surface area contributed by atoms with Crippen molar-refractivity contribution in [3.63, 3.8) is 0 Å². The van der Waals surface area contributed by atoms with Crippen molar-refractivity contribution in [1.29, 1.82) is 0 Å². The SMILES string of the molecule is CCCCCCCCN1C(=O)c2cc(C(C)(C)C)c3c4c(cc(C(C)(C)C)c(c24)C1=O)C(=O)N(CCCCCCCC)C3=O. The molecule has 0 radical (unpaired) electrons. The molecule has 2 aromatic rings. The summed E-state index contributed by atoms with van der Waals surface area (Å²) in [6, 6.07) is 3.72. The van der Waals surface area contributed by atoms with Crippen LogP contribution in [0, 0.1) is 0 Å². The van der Waals surface area contributed by atoms with Crippen LogP contribution in [0.4, 0.5) is 0 Å². The minimum atomic E-state index is -0.464. The van der Waals surface area contributed by atoms with Gasteiger partial charge in [0.1, 0.15) is 0 Å². The van der Waals surface area contributed by atoms with E-state index in [4.69, 9.17) is 0 Å². The van der Waals surface area contributed by atoms with Crippen LogP contribution in [0.1, 0.15) is 185 Å². The lowest BCUT2D eigenvalue weighted by molar-refractivity contribution is 0.0583. The number of hydrogen-bond acceptors (Lipinski definition) is 4. The van der Waals surface area contributed by atoms with Crippen LogP contribution < -0.4 is 0 Å². The Kier molecular flexibility index (Phi) is 10.4. The van der Waals surface area contributed by atoms with E-state index in [2.05, 4.69) is 13.8 Å². The number of carbonyl (C=O) groups is 4. The molecule has 0 spiro atoms. The predicted molar refractivity (Wildman–Crippen MR) is 179 cm³/mol. The van der Waals surface area contributed by atoms with E-state index < -0.39 is 10.8 Å². The second-order valence-corrected chi connectivity index (χ2v) is 15.0. The largest absolute Gasteiger partial charge is 0.274 e. The smallest absolute Gasteiger partial charge is 0.261 e. The summed E-state index contributed by atoms with van der Waals surface area (Å²) in [5.41, 5.74) is 2.40. The van der Waals surface area contributed by atoms with Crippen LogP contribution in [0.15, 0.2) is 12.1 Å². The molecular formula is C38H54N2O4. The Morgan fingerprint density at radius 1 is 0.477 bits per heavy atom. The van der Waals surface area contributed by atoms with Gasteiger partial charge in [0, 0.05) is 35.0 Å². The minimum Gasteiger partial charge on any atom is -0.274 e. The Bertz CT molecular complexity index is 1330. The number of nitrogens with zero attached hydrogens (tertiary/aromatic N) is 2. The molecule has 0 fully saturated rings. The average molecular weight is 603 g/mol. The van der Waals surface area contributed by atoms with E-state index in [0.29, 0.717) is 46.1 Å². The van der Waals surface area contributed by atoms with Gasteiger partial charge in [0.25, 0.3) is 23.6 Å². The van der Waals surface area contributed by atoms with Crippen LogP contribution in [0.2, 0.25) is 0 Å². The van der Waals surface area contributed by atoms with Crippen molar-refractivity contribution in [1.82, 2.24) is 9.80 Å². The molecule has 6 nitrogen and oxygen atoms in total. The standard InChI is InChI=1S/C38H54N2O4/c1-9-11-13-15-17-19-21-39-33(41)25-23-28(38(6,7)8)32-30-26(24-27(37(3,4)5)31(29(25)30)35(39)43)34(42)40(36(32)44)22-20-18-16-14-12-10-2/h23-24H,9-22H2,1-8H3. The molecule has 2 aliphatic heterocycles. The first-order chi connectivity index (χ1) is 20.8. The highest BCUT2D eigenvalue weighted by molar-refractivity contribution is 6.34. The van der Waals surface area contributed by atoms with Gasteiger partial charge < -0.3 is 0 Å². The molecule has 4 amide bonds. The van der Waals surface area contributed by atoms with Gasteiger partial charge in [-0.05, 0) is 46.9 Å². The zero-order chi connectivity index (χ0) is 32.4. The number of hydrogen-bond donors (Lipinski definition) is 0. The number of amides is 4. The first-order valence-corrected chi connectivity index (χ1v) is 17.2. The van der Waals surface area contributed by atoms with E-state index in [9.17, 15) is 19.2 Å². The van der Waals surface area contributed by atoms with Crippen molar-refractivity contribution in [2.75, 3.05) is 13.1 Å². The summed E-state index contributed by atoms with van der Waals surface area (Å²) in [5.74, 6) is -1.26. The molecule has 4 rings (SSSR count). The molecule has 2 aliphatic rings. The molecule has 0 unspecified atom stereocenters. The number of unbranched alkanes of at least 4 members (excludes halogenated alkanes) is 10. The molecule has 0 aromatic heterocycles. The van der Waals surface area contributed by atoms with Crippen LogP contribution in [0.5, 0.6) is 0 Å². The van der Waals surface area contributed by atoms with Gasteiger partial charge in [0.2, 0.25) is 0 Å². The number of benzene rings is 2. The predicted octanol–water partition coefficient (Wildman–Crippen LogP) is 9.35. The van der Waals surface area contributed by atoms with Crippen molar-refractivity contribution < 1.29 is 19.2 Å². The molecule has 2 heterocycles. The van der Waals surface area contributed by atoms with Crippen LogP contribution in [0.25, 0.3) is 10.8 Å². The van der Waals surface area contributed by atoms with Gasteiger partial charge in [0.05, 0.1) is 11.1 Å². The fourth-order valence-corrected chi connectivity index (χ4v) is 6.85. The average Bonchev–Trinajstić information content (AvgIpc) is 2.95. The maximum Gasteiger partial charge on any atom is 0.261 e. The third kappa shape index (κ3) is 6.50. The number of rotatable bonds is 14. The monoisotopic (exact) mass is 602 g/mol. The van der Waals surface area contributed by atoms with Crippen molar-refractivity contribution in [2.24, 2.45) is 0 Å². The van der Waals surface area contributed by atoms with E-state index >= 15 is 0 Å². The summed E-state index contributed by atoms with van der Waals surface area (Å²) in [4.78, 5) is 59.7. The molecule has 0 N–H and O–H groups in total. The maximum atomic E-state index is 14.3. The number of imide groups is 2. The zero-order valence-electron chi connectivity index (χ0n) is 28.6. The van der Waals surface area contributed by atoms with Gasteiger partial charge >= 0.3 is 0 Å². The highest BCUT2D eigenvalue weighted by Gasteiger charge is 2.44. The Morgan fingerprint density at radius 2 is 0.795 bits per heavy atom. The fourth-order valence-electron chi connectivity index (χ4n) is 6.85. The normalized spacial score (nSPS) is 15.3. The molecule has 6 heteroatoms. The van der Waals surface area contributed by atoms with Crippen molar-refractivity contribution in [3.05, 3.63) is 45.5 Å². The minimum absolute atomic E-state index is 0.309. The van der Waals surface area contributed by atoms with Gasteiger partial charge in [-0.3, -0.25) is 29.0 Å². The Hall–Kier alpha value is -3.02. The van der Waals surface area contributed by atoms with Gasteiger partial charge in [-0.25, -0.2) is 0 Å². The van der Waals surface area contributed by atoms with Gasteiger partial charge in [-0.15, -0.1) is 0 Å². The lowest BCUT2D eigenvalue weighted by atomic mass is 9.72. The van der Waals surface area contributed by atoms with Crippen LogP contribution in [-0.2, 0) is 10.8 Å². The molecule has 0 aliphatic carbocycles. The van der Waals surface area contributed by atoms with Crippen LogP contribution in [0.3, 0.4) is 0 Å². The summed E-state index contributed by atoms with van der Waals surface area (Å²) in [7, 11) is 0. The highest BCUT2D eigenvalue weighted by atomic mass is 16.2. The zero-order valence-corrected chi connectivity index (χ0v) is 28.6. The van der Waals surface area contributed by atoms with Crippen LogP contribution >= 0.6 is 0 Å². The second-order valence-electron chi connectivity index (χ2n) is 15.0. The quantitative estimate of drug-likeness (QED) is 0.159. The lowest BCUT2D eigenvalue weighted by Crippen LogP contribution is -2.46. The topological polar surface area (TPSA) is 74.8 Å². The third-order valence-electron chi connectivity index (χ3n) is 9.36. The first-order valence-electron chi connectivity index (χ1n) is 17.2. The molecule has 240 valence electrons.